The number of halogens is 1. The van der Waals surface area contributed by atoms with Crippen LogP contribution < -0.4 is 4.74 Å². The van der Waals surface area contributed by atoms with Crippen LogP contribution in [0.4, 0.5) is 0 Å². The van der Waals surface area contributed by atoms with Crippen LogP contribution in [0.15, 0.2) is 22.7 Å². The first-order valence-electron chi connectivity index (χ1n) is 7.28. The van der Waals surface area contributed by atoms with Crippen molar-refractivity contribution in [3.05, 3.63) is 28.2 Å². The van der Waals surface area contributed by atoms with Crippen molar-refractivity contribution in [2.45, 2.75) is 45.1 Å². The molecular formula is C16H21BrO3. The van der Waals surface area contributed by atoms with Gasteiger partial charge in [-0.2, -0.15) is 0 Å². The van der Waals surface area contributed by atoms with Gasteiger partial charge in [0, 0.05) is 17.5 Å². The van der Waals surface area contributed by atoms with Crippen molar-refractivity contribution in [2.75, 3.05) is 13.2 Å². The fraction of sp³-hybridized carbons (Fsp3) is 0.562. The molecule has 1 aromatic rings. The summed E-state index contributed by atoms with van der Waals surface area (Å²) in [6.45, 7) is 3.32. The zero-order valence-electron chi connectivity index (χ0n) is 11.9. The van der Waals surface area contributed by atoms with E-state index < -0.39 is 0 Å². The van der Waals surface area contributed by atoms with Gasteiger partial charge in [-0.25, -0.2) is 0 Å². The first-order chi connectivity index (χ1) is 9.70. The van der Waals surface area contributed by atoms with E-state index in [0.29, 0.717) is 24.3 Å². The van der Waals surface area contributed by atoms with Gasteiger partial charge in [0.15, 0.2) is 5.78 Å². The molecule has 2 rings (SSSR count). The Hall–Kier alpha value is -0.870. The summed E-state index contributed by atoms with van der Waals surface area (Å²) in [5.41, 5.74) is 0.664. The largest absolute Gasteiger partial charge is 0.493 e. The molecule has 0 N–H and O–H groups in total. The Labute approximate surface area is 128 Å². The zero-order valence-corrected chi connectivity index (χ0v) is 13.4. The fourth-order valence-electron chi connectivity index (χ4n) is 2.46. The zero-order chi connectivity index (χ0) is 14.4. The molecule has 1 aliphatic heterocycles. The molecule has 20 heavy (non-hydrogen) atoms. The van der Waals surface area contributed by atoms with Crippen LogP contribution >= 0.6 is 15.9 Å². The molecule has 4 heteroatoms. The van der Waals surface area contributed by atoms with Crippen molar-refractivity contribution in [1.82, 2.24) is 0 Å². The SMILES string of the molecule is CCOc1ccc(Br)cc1C(=O)CCC1CCCCO1. The van der Waals surface area contributed by atoms with E-state index >= 15 is 0 Å². The summed E-state index contributed by atoms with van der Waals surface area (Å²) in [4.78, 5) is 12.4. The molecule has 3 nitrogen and oxygen atoms in total. The number of carbonyl (C=O) groups excluding carboxylic acids is 1. The van der Waals surface area contributed by atoms with Crippen molar-refractivity contribution in [2.24, 2.45) is 0 Å². The lowest BCUT2D eigenvalue weighted by molar-refractivity contribution is 0.0104. The van der Waals surface area contributed by atoms with Gasteiger partial charge in [0.25, 0.3) is 0 Å². The highest BCUT2D eigenvalue weighted by Crippen LogP contribution is 2.26. The van der Waals surface area contributed by atoms with Gasteiger partial charge in [-0.1, -0.05) is 15.9 Å². The average molecular weight is 341 g/mol. The molecule has 0 spiro atoms. The van der Waals surface area contributed by atoms with E-state index in [0.717, 1.165) is 30.3 Å². The molecule has 0 aliphatic carbocycles. The number of Topliss-reactive ketones (excluding diaryl/α,β-unsaturated/α-hetero) is 1. The van der Waals surface area contributed by atoms with Crippen molar-refractivity contribution in [3.63, 3.8) is 0 Å². The van der Waals surface area contributed by atoms with Crippen LogP contribution in [-0.2, 0) is 4.74 Å². The maximum atomic E-state index is 12.4. The molecule has 110 valence electrons. The molecule has 1 aliphatic rings. The second-order valence-corrected chi connectivity index (χ2v) is 5.94. The Morgan fingerprint density at radius 3 is 3.00 bits per heavy atom. The monoisotopic (exact) mass is 340 g/mol. The quantitative estimate of drug-likeness (QED) is 0.721. The lowest BCUT2D eigenvalue weighted by Gasteiger charge is -2.22. The third kappa shape index (κ3) is 4.32. The summed E-state index contributed by atoms with van der Waals surface area (Å²) in [5.74, 6) is 0.800. The van der Waals surface area contributed by atoms with Gasteiger partial charge in [-0.3, -0.25) is 4.79 Å². The van der Waals surface area contributed by atoms with Gasteiger partial charge in [0.2, 0.25) is 0 Å². The fourth-order valence-corrected chi connectivity index (χ4v) is 2.82. The predicted octanol–water partition coefficient (Wildman–Crippen LogP) is 4.38. The molecule has 1 atom stereocenters. The smallest absolute Gasteiger partial charge is 0.166 e. The lowest BCUT2D eigenvalue weighted by atomic mass is 10.00. The van der Waals surface area contributed by atoms with E-state index in [9.17, 15) is 4.79 Å². The normalized spacial score (nSPS) is 18.8. The van der Waals surface area contributed by atoms with Crippen LogP contribution in [0, 0.1) is 0 Å². The van der Waals surface area contributed by atoms with E-state index in [4.69, 9.17) is 9.47 Å². The lowest BCUT2D eigenvalue weighted by Crippen LogP contribution is -2.20. The van der Waals surface area contributed by atoms with Crippen molar-refractivity contribution < 1.29 is 14.3 Å². The number of ketones is 1. The maximum absolute atomic E-state index is 12.4. The highest BCUT2D eigenvalue weighted by molar-refractivity contribution is 9.10. The van der Waals surface area contributed by atoms with E-state index in [1.165, 1.54) is 6.42 Å². The van der Waals surface area contributed by atoms with E-state index in [2.05, 4.69) is 15.9 Å². The highest BCUT2D eigenvalue weighted by atomic mass is 79.9. The Morgan fingerprint density at radius 2 is 2.30 bits per heavy atom. The van der Waals surface area contributed by atoms with Crippen LogP contribution in [0.5, 0.6) is 5.75 Å². The number of hydrogen-bond donors (Lipinski definition) is 0. The highest BCUT2D eigenvalue weighted by Gasteiger charge is 2.18. The topological polar surface area (TPSA) is 35.5 Å². The summed E-state index contributed by atoms with van der Waals surface area (Å²) >= 11 is 3.41. The second-order valence-electron chi connectivity index (χ2n) is 5.02. The Balaban J connectivity index is 1.98. The van der Waals surface area contributed by atoms with Crippen LogP contribution in [0.1, 0.15) is 49.4 Å². The van der Waals surface area contributed by atoms with E-state index in [1.54, 1.807) is 0 Å². The summed E-state index contributed by atoms with van der Waals surface area (Å²) in [6.07, 6.45) is 4.99. The molecule has 0 saturated carbocycles. The van der Waals surface area contributed by atoms with Gasteiger partial charge < -0.3 is 9.47 Å². The van der Waals surface area contributed by atoms with Crippen molar-refractivity contribution in [1.29, 1.82) is 0 Å². The van der Waals surface area contributed by atoms with Crippen LogP contribution in [0.3, 0.4) is 0 Å². The molecule has 1 saturated heterocycles. The van der Waals surface area contributed by atoms with Crippen LogP contribution in [0.25, 0.3) is 0 Å². The van der Waals surface area contributed by atoms with Crippen LogP contribution in [-0.4, -0.2) is 25.1 Å². The van der Waals surface area contributed by atoms with E-state index in [1.807, 2.05) is 25.1 Å². The van der Waals surface area contributed by atoms with Crippen LogP contribution in [0.2, 0.25) is 0 Å². The summed E-state index contributed by atoms with van der Waals surface area (Å²) in [6, 6.07) is 5.58. The molecule has 0 radical (unpaired) electrons. The number of rotatable bonds is 6. The Kier molecular flexibility index (Phi) is 6.05. The predicted molar refractivity (Wildman–Crippen MR) is 82.5 cm³/mol. The first kappa shape index (κ1) is 15.5. The standard InChI is InChI=1S/C16H21BrO3/c1-2-19-16-9-6-12(17)11-14(16)15(18)8-7-13-5-3-4-10-20-13/h6,9,11,13H,2-5,7-8,10H2,1H3. The average Bonchev–Trinajstić information content (AvgIpc) is 2.48. The van der Waals surface area contributed by atoms with E-state index in [-0.39, 0.29) is 11.9 Å². The molecular weight excluding hydrogens is 320 g/mol. The Bertz CT molecular complexity index is 453. The molecule has 1 heterocycles. The number of ether oxygens (including phenoxy) is 2. The minimum absolute atomic E-state index is 0.129. The molecule has 0 bridgehead atoms. The van der Waals surface area contributed by atoms with Gasteiger partial charge in [0.05, 0.1) is 18.3 Å². The third-order valence-electron chi connectivity index (χ3n) is 3.51. The van der Waals surface area contributed by atoms with Crippen molar-refractivity contribution in [3.8, 4) is 5.75 Å². The molecule has 0 amide bonds. The first-order valence-corrected chi connectivity index (χ1v) is 8.07. The minimum atomic E-state index is 0.129. The maximum Gasteiger partial charge on any atom is 0.166 e. The second kappa shape index (κ2) is 7.79. The summed E-state index contributed by atoms with van der Waals surface area (Å²) in [5, 5.41) is 0. The van der Waals surface area contributed by atoms with Crippen molar-refractivity contribution >= 4 is 21.7 Å². The molecule has 0 aromatic heterocycles. The molecule has 1 fully saturated rings. The number of hydrogen-bond acceptors (Lipinski definition) is 3. The Morgan fingerprint density at radius 1 is 1.45 bits per heavy atom. The third-order valence-corrected chi connectivity index (χ3v) is 4.00. The molecule has 1 aromatic carbocycles. The van der Waals surface area contributed by atoms with Gasteiger partial charge in [-0.15, -0.1) is 0 Å². The summed E-state index contributed by atoms with van der Waals surface area (Å²) < 4.78 is 12.1. The summed E-state index contributed by atoms with van der Waals surface area (Å²) in [7, 11) is 0. The van der Waals surface area contributed by atoms with Gasteiger partial charge in [-0.05, 0) is 50.8 Å². The number of carbonyl (C=O) groups is 1. The minimum Gasteiger partial charge on any atom is -0.493 e. The number of benzene rings is 1. The molecule has 1 unspecified atom stereocenters. The van der Waals surface area contributed by atoms with Gasteiger partial charge in [0.1, 0.15) is 5.75 Å². The van der Waals surface area contributed by atoms with Gasteiger partial charge >= 0.3 is 0 Å².